The second-order valence-electron chi connectivity index (χ2n) is 5.58. The molecule has 4 heteroatoms. The number of benzene rings is 2. The molecule has 0 spiro atoms. The van der Waals surface area contributed by atoms with Gasteiger partial charge in [0.15, 0.2) is 0 Å². The first-order chi connectivity index (χ1) is 12.3. The van der Waals surface area contributed by atoms with Crippen LogP contribution in [0.4, 0.5) is 0 Å². The van der Waals surface area contributed by atoms with Gasteiger partial charge in [0.25, 0.3) is 0 Å². The third kappa shape index (κ3) is 4.43. The van der Waals surface area contributed by atoms with Crippen LogP contribution in [0.2, 0.25) is 0 Å². The molecule has 1 heterocycles. The second-order valence-corrected chi connectivity index (χ2v) is 6.52. The lowest BCUT2D eigenvalue weighted by atomic mass is 10.0. The van der Waals surface area contributed by atoms with Crippen LogP contribution in [0, 0.1) is 0 Å². The number of carbonyl (C=O) groups is 2. The molecular formula is C21H18O3S. The van der Waals surface area contributed by atoms with Crippen LogP contribution in [0.3, 0.4) is 0 Å². The minimum Gasteiger partial charge on any atom is -0.462 e. The minimum absolute atomic E-state index is 0.146. The molecule has 0 fully saturated rings. The van der Waals surface area contributed by atoms with Crippen molar-refractivity contribution in [3.05, 3.63) is 93.7 Å². The van der Waals surface area contributed by atoms with Gasteiger partial charge in [-0.25, -0.2) is 4.79 Å². The van der Waals surface area contributed by atoms with Gasteiger partial charge in [0.05, 0.1) is 17.0 Å². The van der Waals surface area contributed by atoms with Gasteiger partial charge in [0.2, 0.25) is 5.78 Å². The summed E-state index contributed by atoms with van der Waals surface area (Å²) in [6.07, 6.45) is 1.60. The van der Waals surface area contributed by atoms with Crippen molar-refractivity contribution >= 4 is 23.1 Å². The number of hydrogen-bond donors (Lipinski definition) is 0. The van der Waals surface area contributed by atoms with Crippen LogP contribution < -0.4 is 0 Å². The van der Waals surface area contributed by atoms with Gasteiger partial charge in [0, 0.05) is 5.56 Å². The highest BCUT2D eigenvalue weighted by Gasteiger charge is 2.19. The maximum absolute atomic E-state index is 12.6. The van der Waals surface area contributed by atoms with Gasteiger partial charge in [0.1, 0.15) is 0 Å². The molecule has 0 aliphatic rings. The molecular weight excluding hydrogens is 332 g/mol. The molecule has 0 N–H and O–H groups in total. The standard InChI is InChI=1S/C21H18O3S/c22-20(19-13-7-15-25-19)17-11-4-5-12-18(17)21(23)24-14-6-10-16-8-2-1-3-9-16/h1-5,7-9,11-13,15H,6,10,14H2. The Bertz CT molecular complexity index is 839. The molecule has 0 aliphatic heterocycles. The fourth-order valence-electron chi connectivity index (χ4n) is 2.56. The fourth-order valence-corrected chi connectivity index (χ4v) is 3.24. The first-order valence-electron chi connectivity index (χ1n) is 8.14. The average Bonchev–Trinajstić information content (AvgIpc) is 3.20. The molecule has 0 amide bonds. The Morgan fingerprint density at radius 2 is 1.56 bits per heavy atom. The summed E-state index contributed by atoms with van der Waals surface area (Å²) in [6.45, 7) is 0.329. The van der Waals surface area contributed by atoms with Crippen LogP contribution in [-0.2, 0) is 11.2 Å². The number of thiophene rings is 1. The molecule has 1 aromatic heterocycles. The first-order valence-corrected chi connectivity index (χ1v) is 9.02. The van der Waals surface area contributed by atoms with E-state index in [2.05, 4.69) is 12.1 Å². The summed E-state index contributed by atoms with van der Waals surface area (Å²) in [7, 11) is 0. The molecule has 126 valence electrons. The van der Waals surface area contributed by atoms with E-state index in [1.165, 1.54) is 16.9 Å². The summed E-state index contributed by atoms with van der Waals surface area (Å²) in [5.74, 6) is -0.597. The van der Waals surface area contributed by atoms with Crippen LogP contribution in [0.1, 0.15) is 37.6 Å². The Hall–Kier alpha value is -2.72. The molecule has 25 heavy (non-hydrogen) atoms. The van der Waals surface area contributed by atoms with Crippen molar-refractivity contribution in [1.82, 2.24) is 0 Å². The van der Waals surface area contributed by atoms with Crippen molar-refractivity contribution < 1.29 is 14.3 Å². The number of ether oxygens (including phenoxy) is 1. The molecule has 0 aliphatic carbocycles. The minimum atomic E-state index is -0.450. The van der Waals surface area contributed by atoms with Crippen molar-refractivity contribution in [3.63, 3.8) is 0 Å². The van der Waals surface area contributed by atoms with E-state index < -0.39 is 5.97 Å². The maximum atomic E-state index is 12.6. The van der Waals surface area contributed by atoms with Crippen LogP contribution in [0.25, 0.3) is 0 Å². The Kier molecular flexibility index (Phi) is 5.75. The predicted molar refractivity (Wildman–Crippen MR) is 99.2 cm³/mol. The zero-order valence-electron chi connectivity index (χ0n) is 13.7. The zero-order chi connectivity index (χ0) is 17.5. The van der Waals surface area contributed by atoms with Crippen molar-refractivity contribution in [3.8, 4) is 0 Å². The lowest BCUT2D eigenvalue weighted by Crippen LogP contribution is -2.13. The molecule has 3 nitrogen and oxygen atoms in total. The zero-order valence-corrected chi connectivity index (χ0v) is 14.5. The first kappa shape index (κ1) is 17.1. The van der Waals surface area contributed by atoms with Gasteiger partial charge >= 0.3 is 5.97 Å². The number of ketones is 1. The van der Waals surface area contributed by atoms with Crippen LogP contribution in [-0.4, -0.2) is 18.4 Å². The van der Waals surface area contributed by atoms with E-state index in [4.69, 9.17) is 4.74 Å². The molecule has 0 radical (unpaired) electrons. The normalized spacial score (nSPS) is 10.4. The predicted octanol–water partition coefficient (Wildman–Crippen LogP) is 4.77. The summed E-state index contributed by atoms with van der Waals surface area (Å²) < 4.78 is 5.37. The lowest BCUT2D eigenvalue weighted by molar-refractivity contribution is 0.0498. The van der Waals surface area contributed by atoms with Gasteiger partial charge in [-0.15, -0.1) is 11.3 Å². The van der Waals surface area contributed by atoms with Crippen molar-refractivity contribution in [2.75, 3.05) is 6.61 Å². The molecule has 2 aromatic carbocycles. The Labute approximate surface area is 150 Å². The highest BCUT2D eigenvalue weighted by atomic mass is 32.1. The molecule has 0 saturated heterocycles. The number of aryl methyl sites for hydroxylation is 1. The highest BCUT2D eigenvalue weighted by molar-refractivity contribution is 7.12. The topological polar surface area (TPSA) is 43.4 Å². The number of hydrogen-bond acceptors (Lipinski definition) is 4. The van der Waals surface area contributed by atoms with Crippen LogP contribution in [0.5, 0.6) is 0 Å². The largest absolute Gasteiger partial charge is 0.462 e. The molecule has 0 unspecified atom stereocenters. The third-order valence-electron chi connectivity index (χ3n) is 3.82. The summed E-state index contributed by atoms with van der Waals surface area (Å²) in [5, 5.41) is 1.84. The van der Waals surface area contributed by atoms with Crippen molar-refractivity contribution in [2.45, 2.75) is 12.8 Å². The van der Waals surface area contributed by atoms with Gasteiger partial charge in [-0.2, -0.15) is 0 Å². The third-order valence-corrected chi connectivity index (χ3v) is 4.69. The van der Waals surface area contributed by atoms with Crippen LogP contribution in [0.15, 0.2) is 72.1 Å². The van der Waals surface area contributed by atoms with E-state index in [0.717, 1.165) is 12.8 Å². The van der Waals surface area contributed by atoms with Crippen molar-refractivity contribution in [1.29, 1.82) is 0 Å². The smallest absolute Gasteiger partial charge is 0.338 e. The van der Waals surface area contributed by atoms with E-state index >= 15 is 0 Å². The van der Waals surface area contributed by atoms with Crippen molar-refractivity contribution in [2.24, 2.45) is 0 Å². The number of esters is 1. The van der Waals surface area contributed by atoms with Gasteiger partial charge in [-0.05, 0) is 35.9 Å². The highest BCUT2D eigenvalue weighted by Crippen LogP contribution is 2.19. The fraction of sp³-hybridized carbons (Fsp3) is 0.143. The van der Waals surface area contributed by atoms with E-state index in [9.17, 15) is 9.59 Å². The van der Waals surface area contributed by atoms with Gasteiger partial charge < -0.3 is 4.74 Å². The van der Waals surface area contributed by atoms with E-state index in [1.54, 1.807) is 30.3 Å². The van der Waals surface area contributed by atoms with Gasteiger partial charge in [-0.1, -0.05) is 54.6 Å². The summed E-state index contributed by atoms with van der Waals surface area (Å²) >= 11 is 1.36. The van der Waals surface area contributed by atoms with Crippen LogP contribution >= 0.6 is 11.3 Å². The van der Waals surface area contributed by atoms with Gasteiger partial charge in [-0.3, -0.25) is 4.79 Å². The van der Waals surface area contributed by atoms with E-state index in [1.807, 2.05) is 29.6 Å². The maximum Gasteiger partial charge on any atom is 0.338 e. The second kappa shape index (κ2) is 8.40. The monoisotopic (exact) mass is 350 g/mol. The SMILES string of the molecule is O=C(OCCCc1ccccc1)c1ccccc1C(=O)c1cccs1. The molecule has 3 aromatic rings. The lowest BCUT2D eigenvalue weighted by Gasteiger charge is -2.08. The Morgan fingerprint density at radius 1 is 0.840 bits per heavy atom. The molecule has 3 rings (SSSR count). The molecule has 0 atom stereocenters. The van der Waals surface area contributed by atoms with E-state index in [-0.39, 0.29) is 5.78 Å². The Morgan fingerprint density at radius 3 is 2.28 bits per heavy atom. The quantitative estimate of drug-likeness (QED) is 0.350. The summed E-state index contributed by atoms with van der Waals surface area (Å²) in [6, 6.07) is 20.5. The average molecular weight is 350 g/mol. The number of rotatable bonds is 7. The summed E-state index contributed by atoms with van der Waals surface area (Å²) in [4.78, 5) is 25.5. The Balaban J connectivity index is 1.61. The van der Waals surface area contributed by atoms with E-state index in [0.29, 0.717) is 22.6 Å². The summed E-state index contributed by atoms with van der Waals surface area (Å²) in [5.41, 5.74) is 1.92. The molecule has 0 saturated carbocycles. The molecule has 0 bridgehead atoms. The number of carbonyl (C=O) groups excluding carboxylic acids is 2.